The molecule has 0 aliphatic rings. The van der Waals surface area contributed by atoms with E-state index in [4.69, 9.17) is 9.97 Å². The van der Waals surface area contributed by atoms with E-state index in [-0.39, 0.29) is 0 Å². The average Bonchev–Trinajstić information content (AvgIpc) is 3.01. The van der Waals surface area contributed by atoms with Crippen molar-refractivity contribution in [2.24, 2.45) is 7.05 Å². The lowest BCUT2D eigenvalue weighted by atomic mass is 10.1. The van der Waals surface area contributed by atoms with E-state index >= 15 is 0 Å². The Kier molecular flexibility index (Phi) is 4.02. The molecular weight excluding hydrogens is 308 g/mol. The molecule has 4 nitrogen and oxygen atoms in total. The van der Waals surface area contributed by atoms with E-state index in [0.717, 1.165) is 52.3 Å². The molecule has 0 aliphatic heterocycles. The highest BCUT2D eigenvalue weighted by atomic mass is 15.0. The summed E-state index contributed by atoms with van der Waals surface area (Å²) in [7, 11) is 2.05. The third-order valence-electron chi connectivity index (χ3n) is 4.47. The van der Waals surface area contributed by atoms with Crippen molar-refractivity contribution in [1.82, 2.24) is 19.5 Å². The van der Waals surface area contributed by atoms with Crippen LogP contribution in [-0.4, -0.2) is 19.5 Å². The molecule has 0 saturated heterocycles. The summed E-state index contributed by atoms with van der Waals surface area (Å²) in [5.41, 5.74) is 6.10. The summed E-state index contributed by atoms with van der Waals surface area (Å²) in [6, 6.07) is 18.3. The lowest BCUT2D eigenvalue weighted by Gasteiger charge is -2.06. The average molecular weight is 328 g/mol. The van der Waals surface area contributed by atoms with Crippen LogP contribution in [-0.2, 0) is 19.9 Å². The number of nitrogens with zero attached hydrogens (tertiary/aromatic N) is 4. The molecule has 0 saturated carbocycles. The zero-order valence-corrected chi connectivity index (χ0v) is 14.5. The Morgan fingerprint density at radius 2 is 1.48 bits per heavy atom. The van der Waals surface area contributed by atoms with Crippen LogP contribution in [0.15, 0.2) is 60.8 Å². The van der Waals surface area contributed by atoms with Crippen molar-refractivity contribution in [2.45, 2.75) is 19.8 Å². The molecule has 0 N–H and O–H groups in total. The highest BCUT2D eigenvalue weighted by Gasteiger charge is 2.10. The fourth-order valence-electron chi connectivity index (χ4n) is 3.08. The summed E-state index contributed by atoms with van der Waals surface area (Å²) < 4.78 is 2.10. The third-order valence-corrected chi connectivity index (χ3v) is 4.47. The normalized spacial score (nSPS) is 11.1. The smallest absolute Gasteiger partial charge is 0.109 e. The van der Waals surface area contributed by atoms with E-state index in [0.29, 0.717) is 0 Å². The van der Waals surface area contributed by atoms with Crippen LogP contribution in [0, 0.1) is 6.92 Å². The van der Waals surface area contributed by atoms with Gasteiger partial charge in [-0.25, -0.2) is 15.0 Å². The van der Waals surface area contributed by atoms with Crippen LogP contribution in [0.2, 0.25) is 0 Å². The maximum Gasteiger partial charge on any atom is 0.109 e. The van der Waals surface area contributed by atoms with E-state index < -0.39 is 0 Å². The van der Waals surface area contributed by atoms with Gasteiger partial charge in [-0.2, -0.15) is 0 Å². The van der Waals surface area contributed by atoms with Gasteiger partial charge in [0.2, 0.25) is 0 Å². The van der Waals surface area contributed by atoms with E-state index in [2.05, 4.69) is 27.9 Å². The molecule has 4 rings (SSSR count). The molecule has 0 bridgehead atoms. The van der Waals surface area contributed by atoms with E-state index in [9.17, 15) is 0 Å². The van der Waals surface area contributed by atoms with Crippen molar-refractivity contribution in [2.75, 3.05) is 0 Å². The fraction of sp³-hybridized carbons (Fsp3) is 0.190. The molecule has 4 aromatic rings. The molecule has 2 heterocycles. The first-order chi connectivity index (χ1) is 12.2. The molecule has 0 atom stereocenters. The molecule has 2 aromatic carbocycles. The molecule has 124 valence electrons. The van der Waals surface area contributed by atoms with Crippen molar-refractivity contribution >= 4 is 11.0 Å². The molecule has 0 fully saturated rings. The van der Waals surface area contributed by atoms with Gasteiger partial charge >= 0.3 is 0 Å². The summed E-state index contributed by atoms with van der Waals surface area (Å²) in [5, 5.41) is 0. The zero-order valence-electron chi connectivity index (χ0n) is 14.5. The summed E-state index contributed by atoms with van der Waals surface area (Å²) in [5.74, 6) is 1.06. The number of para-hydroxylation sites is 2. The van der Waals surface area contributed by atoms with Crippen LogP contribution in [0.4, 0.5) is 0 Å². The molecular formula is C21H20N4. The minimum Gasteiger partial charge on any atom is -0.337 e. The van der Waals surface area contributed by atoms with Crippen molar-refractivity contribution in [1.29, 1.82) is 0 Å². The van der Waals surface area contributed by atoms with E-state index in [1.165, 1.54) is 0 Å². The number of aryl methyl sites for hydroxylation is 4. The fourth-order valence-corrected chi connectivity index (χ4v) is 3.08. The minimum absolute atomic E-state index is 0.836. The number of benzene rings is 2. The molecule has 2 aromatic heterocycles. The minimum atomic E-state index is 0.836. The largest absolute Gasteiger partial charge is 0.337 e. The van der Waals surface area contributed by atoms with Gasteiger partial charge in [0.1, 0.15) is 5.82 Å². The van der Waals surface area contributed by atoms with Crippen molar-refractivity contribution in [3.63, 3.8) is 0 Å². The molecule has 0 radical (unpaired) electrons. The lowest BCUT2D eigenvalue weighted by Crippen LogP contribution is -2.04. The van der Waals surface area contributed by atoms with Crippen LogP contribution in [0.1, 0.15) is 17.2 Å². The van der Waals surface area contributed by atoms with Gasteiger partial charge in [0, 0.05) is 25.2 Å². The van der Waals surface area contributed by atoms with Crippen LogP contribution >= 0.6 is 0 Å². The predicted molar refractivity (Wildman–Crippen MR) is 100 cm³/mol. The van der Waals surface area contributed by atoms with Gasteiger partial charge in [0.15, 0.2) is 0 Å². The first-order valence-electron chi connectivity index (χ1n) is 8.50. The van der Waals surface area contributed by atoms with Gasteiger partial charge < -0.3 is 4.57 Å². The topological polar surface area (TPSA) is 43.6 Å². The monoisotopic (exact) mass is 328 g/mol. The number of hydrogen-bond acceptors (Lipinski definition) is 3. The van der Waals surface area contributed by atoms with E-state index in [1.54, 1.807) is 0 Å². The SMILES string of the molecule is Cc1nc2ccccc2nc1CCc1nc(-c2ccccc2)cn1C. The van der Waals surface area contributed by atoms with Gasteiger partial charge in [0.05, 0.1) is 28.1 Å². The van der Waals surface area contributed by atoms with Crippen LogP contribution in [0.3, 0.4) is 0 Å². The number of imidazole rings is 1. The van der Waals surface area contributed by atoms with Crippen molar-refractivity contribution < 1.29 is 0 Å². The highest BCUT2D eigenvalue weighted by Crippen LogP contribution is 2.19. The molecule has 0 aliphatic carbocycles. The summed E-state index contributed by atoms with van der Waals surface area (Å²) in [4.78, 5) is 14.3. The summed E-state index contributed by atoms with van der Waals surface area (Å²) in [6.07, 6.45) is 3.77. The van der Waals surface area contributed by atoms with Crippen molar-refractivity contribution in [3.05, 3.63) is 78.0 Å². The Hall–Kier alpha value is -3.01. The highest BCUT2D eigenvalue weighted by molar-refractivity contribution is 5.74. The molecule has 0 unspecified atom stereocenters. The molecule has 0 spiro atoms. The van der Waals surface area contributed by atoms with Gasteiger partial charge in [-0.05, 0) is 25.5 Å². The maximum absolute atomic E-state index is 4.80. The molecule has 0 amide bonds. The Bertz CT molecular complexity index is 1020. The Morgan fingerprint density at radius 1 is 0.800 bits per heavy atom. The van der Waals surface area contributed by atoms with Gasteiger partial charge in [-0.1, -0.05) is 42.5 Å². The second-order valence-electron chi connectivity index (χ2n) is 6.26. The van der Waals surface area contributed by atoms with Gasteiger partial charge in [0.25, 0.3) is 0 Å². The quantitative estimate of drug-likeness (QED) is 0.566. The summed E-state index contributed by atoms with van der Waals surface area (Å²) in [6.45, 7) is 2.03. The second-order valence-corrected chi connectivity index (χ2v) is 6.26. The Labute approximate surface area is 147 Å². The van der Waals surface area contributed by atoms with Gasteiger partial charge in [-0.15, -0.1) is 0 Å². The van der Waals surface area contributed by atoms with Crippen LogP contribution in [0.25, 0.3) is 22.3 Å². The first kappa shape index (κ1) is 15.5. The number of hydrogen-bond donors (Lipinski definition) is 0. The Balaban J connectivity index is 1.58. The molecule has 4 heteroatoms. The predicted octanol–water partition coefficient (Wildman–Crippen LogP) is 4.12. The summed E-state index contributed by atoms with van der Waals surface area (Å²) >= 11 is 0. The van der Waals surface area contributed by atoms with E-state index in [1.807, 2.05) is 56.4 Å². The first-order valence-corrected chi connectivity index (χ1v) is 8.50. The number of rotatable bonds is 4. The molecule has 25 heavy (non-hydrogen) atoms. The Morgan fingerprint density at radius 3 is 2.24 bits per heavy atom. The third kappa shape index (κ3) is 3.15. The standard InChI is InChI=1S/C21H20N4/c1-15-17(23-19-11-7-6-10-18(19)22-15)12-13-21-24-20(14-25(21)2)16-8-4-3-5-9-16/h3-11,14H,12-13H2,1-2H3. The number of fused-ring (bicyclic) bond motifs is 1. The second kappa shape index (κ2) is 6.48. The maximum atomic E-state index is 4.80. The van der Waals surface area contributed by atoms with Crippen molar-refractivity contribution in [3.8, 4) is 11.3 Å². The zero-order chi connectivity index (χ0) is 17.2. The van der Waals surface area contributed by atoms with Crippen LogP contribution < -0.4 is 0 Å². The van der Waals surface area contributed by atoms with Crippen LogP contribution in [0.5, 0.6) is 0 Å². The lowest BCUT2D eigenvalue weighted by molar-refractivity contribution is 0.758. The number of aromatic nitrogens is 4. The van der Waals surface area contributed by atoms with Gasteiger partial charge in [-0.3, -0.25) is 0 Å².